The van der Waals surface area contributed by atoms with Gasteiger partial charge in [0.25, 0.3) is 0 Å². The number of fused-ring (bicyclic) bond motifs is 1. The van der Waals surface area contributed by atoms with Crippen molar-refractivity contribution in [2.75, 3.05) is 19.2 Å². The molecule has 4 unspecified atom stereocenters. The van der Waals surface area contributed by atoms with Crippen molar-refractivity contribution in [1.29, 1.82) is 0 Å². The van der Waals surface area contributed by atoms with Gasteiger partial charge in [-0.25, -0.2) is 19.5 Å². The highest BCUT2D eigenvalue weighted by Crippen LogP contribution is 2.42. The number of carboxylic acids is 1. The first-order valence-corrected chi connectivity index (χ1v) is 14.2. The van der Waals surface area contributed by atoms with E-state index in [2.05, 4.69) is 25.1 Å². The summed E-state index contributed by atoms with van der Waals surface area (Å²) < 4.78 is 51.1. The number of anilines is 1. The lowest BCUT2D eigenvalue weighted by atomic mass is 9.82. The number of pyridine rings is 1. The van der Waals surface area contributed by atoms with E-state index < -0.39 is 54.9 Å². The molecule has 1 fully saturated rings. The minimum Gasteiger partial charge on any atom is -0.480 e. The Labute approximate surface area is 258 Å². The van der Waals surface area contributed by atoms with E-state index in [1.807, 2.05) is 27.7 Å². The molecule has 0 radical (unpaired) electrons. The van der Waals surface area contributed by atoms with Gasteiger partial charge in [-0.15, -0.1) is 8.78 Å². The largest absolute Gasteiger partial charge is 0.586 e. The van der Waals surface area contributed by atoms with E-state index in [1.165, 1.54) is 44.5 Å². The highest BCUT2D eigenvalue weighted by Gasteiger charge is 2.55. The molecule has 5 atom stereocenters. The first kappa shape index (κ1) is 35.4. The number of nitrogens with one attached hydrogen (secondary N) is 2. The Bertz CT molecular complexity index is 1350. The number of halogens is 2. The number of β-lactam (4-membered cyclic amide) rings is 1. The molecule has 1 aromatic heterocycles. The van der Waals surface area contributed by atoms with Gasteiger partial charge in [0.15, 0.2) is 30.6 Å². The van der Waals surface area contributed by atoms with Crippen LogP contribution in [0.15, 0.2) is 36.5 Å². The average molecular weight is 641 g/mol. The van der Waals surface area contributed by atoms with Gasteiger partial charge >= 0.3 is 18.3 Å². The number of hydrogen-bond donors (Lipinski definition) is 4. The predicted molar refractivity (Wildman–Crippen MR) is 153 cm³/mol. The number of ether oxygens (including phenoxy) is 5. The number of carbonyl (C=O) groups excluding carboxylic acids is 2. The number of urea groups is 1. The van der Waals surface area contributed by atoms with E-state index in [-0.39, 0.29) is 36.4 Å². The highest BCUT2D eigenvalue weighted by molar-refractivity contribution is 6.07. The van der Waals surface area contributed by atoms with Crippen LogP contribution >= 0.6 is 0 Å². The minimum atomic E-state index is -3.81. The summed E-state index contributed by atoms with van der Waals surface area (Å²) >= 11 is 0. The molecule has 1 aromatic carbocycles. The molecule has 3 amide bonds. The fraction of sp³-hybridized carbons (Fsp3) is 0.517. The number of methoxy groups -OCH3 is 1. The summed E-state index contributed by atoms with van der Waals surface area (Å²) in [5.74, 6) is -3.32. The molecule has 4 N–H and O–H groups in total. The molecule has 14 nitrogen and oxygen atoms in total. The highest BCUT2D eigenvalue weighted by atomic mass is 19.3. The van der Waals surface area contributed by atoms with Crippen LogP contribution in [0.1, 0.15) is 51.8 Å². The molecule has 0 bridgehead atoms. The normalized spacial score (nSPS) is 20.0. The summed E-state index contributed by atoms with van der Waals surface area (Å²) in [6.45, 7) is 9.03. The number of benzene rings is 1. The molecule has 248 valence electrons. The van der Waals surface area contributed by atoms with Crippen molar-refractivity contribution in [2.45, 2.75) is 72.1 Å². The summed E-state index contributed by atoms with van der Waals surface area (Å²) in [6, 6.07) is 3.78. The number of aliphatic carboxylic acids is 1. The maximum atomic E-state index is 13.3. The second-order valence-electron chi connectivity index (χ2n) is 10.2. The smallest absolute Gasteiger partial charge is 0.480 e. The molecular weight excluding hydrogens is 602 g/mol. The van der Waals surface area contributed by atoms with Gasteiger partial charge in [-0.2, -0.15) is 0 Å². The summed E-state index contributed by atoms with van der Waals surface area (Å²) in [4.78, 5) is 42.6. The van der Waals surface area contributed by atoms with Gasteiger partial charge in [0, 0.05) is 19.2 Å². The molecule has 2 aliphatic heterocycles. The monoisotopic (exact) mass is 640 g/mol. The Hall–Kier alpha value is -4.12. The van der Waals surface area contributed by atoms with Gasteiger partial charge in [-0.1, -0.05) is 33.8 Å². The zero-order valence-electron chi connectivity index (χ0n) is 25.7. The first-order chi connectivity index (χ1) is 21.3. The maximum absolute atomic E-state index is 13.3. The molecule has 16 heteroatoms. The molecule has 1 saturated heterocycles. The van der Waals surface area contributed by atoms with Gasteiger partial charge in [-0.3, -0.25) is 4.79 Å². The van der Waals surface area contributed by atoms with Crippen molar-refractivity contribution < 1.29 is 57.1 Å². The number of aromatic nitrogens is 1. The topological polar surface area (TPSA) is 178 Å². The zero-order valence-corrected chi connectivity index (χ0v) is 25.7. The first-order valence-electron chi connectivity index (χ1n) is 14.2. The van der Waals surface area contributed by atoms with Gasteiger partial charge < -0.3 is 44.5 Å². The fourth-order valence-electron chi connectivity index (χ4n) is 4.64. The molecule has 2 aliphatic rings. The van der Waals surface area contributed by atoms with Crippen LogP contribution in [-0.2, 0) is 30.2 Å². The molecule has 45 heavy (non-hydrogen) atoms. The van der Waals surface area contributed by atoms with Gasteiger partial charge in [0.05, 0.1) is 12.0 Å². The third-order valence-electron chi connectivity index (χ3n) is 6.74. The quantitative estimate of drug-likeness (QED) is 0.185. The number of carbonyl (C=O) groups is 3. The fourth-order valence-corrected chi connectivity index (χ4v) is 4.64. The van der Waals surface area contributed by atoms with Crippen LogP contribution < -0.4 is 20.1 Å². The molecule has 0 spiro atoms. The number of likely N-dealkylation sites (tertiary alicyclic amines) is 1. The lowest BCUT2D eigenvalue weighted by molar-refractivity contribution is -0.286. The minimum absolute atomic E-state index is 0.0350. The number of imide groups is 1. The van der Waals surface area contributed by atoms with E-state index in [0.29, 0.717) is 16.0 Å². The van der Waals surface area contributed by atoms with E-state index in [1.54, 1.807) is 6.07 Å². The van der Waals surface area contributed by atoms with E-state index >= 15 is 0 Å². The van der Waals surface area contributed by atoms with Crippen LogP contribution in [0.3, 0.4) is 0 Å². The number of hydrogen-bond acceptors (Lipinski definition) is 11. The van der Waals surface area contributed by atoms with E-state index in [4.69, 9.17) is 14.2 Å². The SMILES string of the molecule is CC.COC(OCOC(O)Nc1cc(C[C@H]2C(=O)N(C(=O)NC(C)c3ccc4c(c3)OC(F)(F)O4)C2C(=O)O)ccn1)C(C)C. The van der Waals surface area contributed by atoms with E-state index in [9.17, 15) is 33.4 Å². The second kappa shape index (κ2) is 15.2. The van der Waals surface area contributed by atoms with Gasteiger partial charge in [-0.05, 0) is 48.7 Å². The number of amides is 3. The number of alkyl halides is 2. The third-order valence-corrected chi connectivity index (χ3v) is 6.74. The number of rotatable bonds is 13. The molecule has 3 heterocycles. The lowest BCUT2D eigenvalue weighted by Crippen LogP contribution is -2.68. The van der Waals surface area contributed by atoms with Crippen LogP contribution in [0, 0.1) is 11.8 Å². The number of aliphatic hydroxyl groups is 1. The van der Waals surface area contributed by atoms with Gasteiger partial charge in [0.2, 0.25) is 12.3 Å². The Morgan fingerprint density at radius 1 is 1.11 bits per heavy atom. The van der Waals surface area contributed by atoms with Crippen molar-refractivity contribution in [2.24, 2.45) is 11.8 Å². The van der Waals surface area contributed by atoms with Crippen LogP contribution in [0.25, 0.3) is 0 Å². The van der Waals surface area contributed by atoms with Crippen molar-refractivity contribution in [1.82, 2.24) is 15.2 Å². The number of aliphatic hydroxyl groups excluding tert-OH is 1. The van der Waals surface area contributed by atoms with Crippen molar-refractivity contribution in [3.05, 3.63) is 47.7 Å². The number of carboxylic acid groups (broad SMARTS) is 1. The second-order valence-corrected chi connectivity index (χ2v) is 10.2. The van der Waals surface area contributed by atoms with Crippen molar-refractivity contribution in [3.8, 4) is 11.5 Å². The lowest BCUT2D eigenvalue weighted by Gasteiger charge is -2.43. The number of nitrogens with zero attached hydrogens (tertiary/aromatic N) is 2. The summed E-state index contributed by atoms with van der Waals surface area (Å²) in [5.41, 5.74) is 0.869. The van der Waals surface area contributed by atoms with Crippen molar-refractivity contribution >= 4 is 23.7 Å². The molecule has 4 rings (SSSR count). The Balaban J connectivity index is 0.00000271. The van der Waals surface area contributed by atoms with Crippen LogP contribution in [-0.4, -0.2) is 76.9 Å². The zero-order chi connectivity index (χ0) is 33.5. The molecule has 0 saturated carbocycles. The molecular formula is C29H38F2N4O10. The summed E-state index contributed by atoms with van der Waals surface area (Å²) in [7, 11) is 1.48. The van der Waals surface area contributed by atoms with Crippen LogP contribution in [0.2, 0.25) is 0 Å². The molecule has 2 aromatic rings. The summed E-state index contributed by atoms with van der Waals surface area (Å²) in [5, 5.41) is 25.0. The Morgan fingerprint density at radius 3 is 2.44 bits per heavy atom. The molecule has 0 aliphatic carbocycles. The standard InChI is InChI=1S/C27H32F2N4O10.C2H6/c1-13(2)24(39-4)40-12-41-26(38)32-20-10-15(7-8-30-20)9-17-21(23(35)36)33(22(17)34)25(37)31-14(3)16-5-6-18-19(11-16)43-27(28,29)42-18;1-2/h5-8,10-11,13-14,17,21,24,26,38H,9,12H2,1-4H3,(H,30,32)(H,31,37)(H,35,36);1-2H3/t14?,17-,21?,24?,26?;/m1./s1. The Kier molecular flexibility index (Phi) is 12.0. The average Bonchev–Trinajstić information content (AvgIpc) is 3.30. The van der Waals surface area contributed by atoms with Crippen LogP contribution in [0.4, 0.5) is 19.4 Å². The van der Waals surface area contributed by atoms with E-state index in [0.717, 1.165) is 0 Å². The van der Waals surface area contributed by atoms with Crippen molar-refractivity contribution in [3.63, 3.8) is 0 Å². The third kappa shape index (κ3) is 8.75. The van der Waals surface area contributed by atoms with Crippen LogP contribution in [0.5, 0.6) is 11.5 Å². The Morgan fingerprint density at radius 2 is 1.80 bits per heavy atom. The van der Waals surface area contributed by atoms with Gasteiger partial charge in [0.1, 0.15) is 5.82 Å². The predicted octanol–water partition coefficient (Wildman–Crippen LogP) is 3.66. The maximum Gasteiger partial charge on any atom is 0.586 e. The summed E-state index contributed by atoms with van der Waals surface area (Å²) in [6.07, 6.45) is -4.47.